The number of rotatable bonds is 4. The minimum absolute atomic E-state index is 0.0528. The Morgan fingerprint density at radius 2 is 2.00 bits per heavy atom. The summed E-state index contributed by atoms with van der Waals surface area (Å²) in [6, 6.07) is 9.21. The Kier molecular flexibility index (Phi) is 4.35. The predicted molar refractivity (Wildman–Crippen MR) is 78.1 cm³/mol. The van der Waals surface area contributed by atoms with E-state index < -0.39 is 5.82 Å². The van der Waals surface area contributed by atoms with Gasteiger partial charge in [-0.05, 0) is 43.3 Å². The van der Waals surface area contributed by atoms with Crippen LogP contribution in [0.4, 0.5) is 10.1 Å². The maximum absolute atomic E-state index is 13.1. The Balaban J connectivity index is 2.23. The number of methoxy groups -OCH3 is 1. The number of benzene rings is 2. The molecule has 0 heterocycles. The van der Waals surface area contributed by atoms with E-state index in [2.05, 4.69) is 5.32 Å². The molecule has 0 aliphatic heterocycles. The Morgan fingerprint density at radius 3 is 2.65 bits per heavy atom. The van der Waals surface area contributed by atoms with Crippen molar-refractivity contribution < 1.29 is 14.2 Å². The maximum Gasteiger partial charge on any atom is 0.141 e. The van der Waals surface area contributed by atoms with Gasteiger partial charge in [-0.25, -0.2) is 4.39 Å². The van der Waals surface area contributed by atoms with Crippen molar-refractivity contribution in [2.75, 3.05) is 12.4 Å². The van der Waals surface area contributed by atoms with E-state index in [4.69, 9.17) is 16.3 Å². The average molecular weight is 296 g/mol. The fraction of sp³-hybridized carbons (Fsp3) is 0.200. The Hall–Kier alpha value is -1.94. The van der Waals surface area contributed by atoms with Gasteiger partial charge in [0.25, 0.3) is 0 Å². The SMILES string of the molecule is COc1ccc(O)c(C(C)Nc2ccc(F)c(Cl)c2)c1. The molecule has 2 rings (SSSR count). The molecule has 2 aromatic carbocycles. The molecular weight excluding hydrogens is 281 g/mol. The number of hydrogen-bond donors (Lipinski definition) is 2. The molecule has 106 valence electrons. The lowest BCUT2D eigenvalue weighted by Crippen LogP contribution is -2.07. The Bertz CT molecular complexity index is 619. The number of nitrogens with one attached hydrogen (secondary N) is 1. The zero-order valence-electron chi connectivity index (χ0n) is 11.2. The van der Waals surface area contributed by atoms with E-state index in [0.717, 1.165) is 0 Å². The van der Waals surface area contributed by atoms with Crippen molar-refractivity contribution in [3.05, 3.63) is 52.8 Å². The molecule has 0 saturated heterocycles. The van der Waals surface area contributed by atoms with Gasteiger partial charge in [0.15, 0.2) is 0 Å². The molecule has 0 aliphatic carbocycles. The zero-order chi connectivity index (χ0) is 14.7. The number of phenolic OH excluding ortho intramolecular Hbond substituents is 1. The van der Waals surface area contributed by atoms with Crippen LogP contribution >= 0.6 is 11.6 Å². The summed E-state index contributed by atoms with van der Waals surface area (Å²) in [5.41, 5.74) is 1.36. The van der Waals surface area contributed by atoms with E-state index in [9.17, 15) is 9.50 Å². The van der Waals surface area contributed by atoms with E-state index in [0.29, 0.717) is 17.0 Å². The molecule has 1 atom stereocenters. The normalized spacial score (nSPS) is 12.0. The fourth-order valence-electron chi connectivity index (χ4n) is 1.92. The summed E-state index contributed by atoms with van der Waals surface area (Å²) in [6.07, 6.45) is 0. The van der Waals surface area contributed by atoms with Crippen LogP contribution in [-0.4, -0.2) is 12.2 Å². The molecule has 0 spiro atoms. The van der Waals surface area contributed by atoms with Crippen molar-refractivity contribution in [2.24, 2.45) is 0 Å². The van der Waals surface area contributed by atoms with Crippen LogP contribution in [0, 0.1) is 5.82 Å². The molecule has 1 unspecified atom stereocenters. The highest BCUT2D eigenvalue weighted by Crippen LogP contribution is 2.31. The van der Waals surface area contributed by atoms with Crippen LogP contribution in [0.2, 0.25) is 5.02 Å². The third-order valence-electron chi connectivity index (χ3n) is 3.00. The van der Waals surface area contributed by atoms with Crippen LogP contribution in [0.1, 0.15) is 18.5 Å². The molecular formula is C15H15ClFNO2. The third-order valence-corrected chi connectivity index (χ3v) is 3.29. The van der Waals surface area contributed by atoms with Gasteiger partial charge in [0.1, 0.15) is 17.3 Å². The van der Waals surface area contributed by atoms with Gasteiger partial charge in [0.2, 0.25) is 0 Å². The molecule has 0 radical (unpaired) electrons. The number of ether oxygens (including phenoxy) is 1. The molecule has 20 heavy (non-hydrogen) atoms. The van der Waals surface area contributed by atoms with Gasteiger partial charge in [0, 0.05) is 11.3 Å². The molecule has 5 heteroatoms. The molecule has 0 amide bonds. The number of anilines is 1. The van der Waals surface area contributed by atoms with E-state index in [1.54, 1.807) is 31.4 Å². The summed E-state index contributed by atoms with van der Waals surface area (Å²) in [4.78, 5) is 0. The molecule has 0 saturated carbocycles. The van der Waals surface area contributed by atoms with Crippen LogP contribution in [0.3, 0.4) is 0 Å². The lowest BCUT2D eigenvalue weighted by molar-refractivity contribution is 0.410. The number of aromatic hydroxyl groups is 1. The van der Waals surface area contributed by atoms with Gasteiger partial charge >= 0.3 is 0 Å². The number of phenols is 1. The molecule has 0 fully saturated rings. The highest BCUT2D eigenvalue weighted by molar-refractivity contribution is 6.31. The van der Waals surface area contributed by atoms with E-state index in [1.807, 2.05) is 6.92 Å². The van der Waals surface area contributed by atoms with Crippen LogP contribution in [0.5, 0.6) is 11.5 Å². The van der Waals surface area contributed by atoms with Gasteiger partial charge in [-0.2, -0.15) is 0 Å². The second-order valence-corrected chi connectivity index (χ2v) is 4.83. The topological polar surface area (TPSA) is 41.5 Å². The first-order chi connectivity index (χ1) is 9.51. The monoisotopic (exact) mass is 295 g/mol. The van der Waals surface area contributed by atoms with Crippen molar-refractivity contribution in [2.45, 2.75) is 13.0 Å². The first-order valence-corrected chi connectivity index (χ1v) is 6.47. The van der Waals surface area contributed by atoms with E-state index in [-0.39, 0.29) is 16.8 Å². The van der Waals surface area contributed by atoms with Crippen molar-refractivity contribution in [3.8, 4) is 11.5 Å². The molecule has 0 aliphatic rings. The maximum atomic E-state index is 13.1. The van der Waals surface area contributed by atoms with Gasteiger partial charge < -0.3 is 15.2 Å². The summed E-state index contributed by atoms with van der Waals surface area (Å²) in [5, 5.41) is 13.1. The van der Waals surface area contributed by atoms with Crippen molar-refractivity contribution >= 4 is 17.3 Å². The third kappa shape index (κ3) is 3.14. The number of halogens is 2. The molecule has 2 aromatic rings. The largest absolute Gasteiger partial charge is 0.508 e. The van der Waals surface area contributed by atoms with Crippen LogP contribution in [0.15, 0.2) is 36.4 Å². The fourth-order valence-corrected chi connectivity index (χ4v) is 2.10. The minimum Gasteiger partial charge on any atom is -0.508 e. The van der Waals surface area contributed by atoms with E-state index >= 15 is 0 Å². The van der Waals surface area contributed by atoms with Gasteiger partial charge in [-0.1, -0.05) is 11.6 Å². The first kappa shape index (κ1) is 14.5. The Morgan fingerprint density at radius 1 is 1.25 bits per heavy atom. The number of hydrogen-bond acceptors (Lipinski definition) is 3. The van der Waals surface area contributed by atoms with Crippen molar-refractivity contribution in [1.29, 1.82) is 0 Å². The first-order valence-electron chi connectivity index (χ1n) is 6.09. The smallest absolute Gasteiger partial charge is 0.141 e. The summed E-state index contributed by atoms with van der Waals surface area (Å²) in [6.45, 7) is 1.88. The second-order valence-electron chi connectivity index (χ2n) is 4.42. The standard InChI is InChI=1S/C15H15ClFNO2/c1-9(12-8-11(20-2)4-6-15(12)19)18-10-3-5-14(17)13(16)7-10/h3-9,18-19H,1-2H3. The summed E-state index contributed by atoms with van der Waals surface area (Å²) in [7, 11) is 1.56. The average Bonchev–Trinajstić information content (AvgIpc) is 2.43. The highest BCUT2D eigenvalue weighted by atomic mass is 35.5. The lowest BCUT2D eigenvalue weighted by atomic mass is 10.1. The lowest BCUT2D eigenvalue weighted by Gasteiger charge is -2.18. The van der Waals surface area contributed by atoms with Gasteiger partial charge in [-0.3, -0.25) is 0 Å². The predicted octanol–water partition coefficient (Wildman–Crippen LogP) is 4.37. The summed E-state index contributed by atoms with van der Waals surface area (Å²) >= 11 is 5.74. The van der Waals surface area contributed by atoms with Crippen molar-refractivity contribution in [3.63, 3.8) is 0 Å². The van der Waals surface area contributed by atoms with Crippen LogP contribution in [0.25, 0.3) is 0 Å². The zero-order valence-corrected chi connectivity index (χ0v) is 11.9. The van der Waals surface area contributed by atoms with Crippen LogP contribution in [-0.2, 0) is 0 Å². The van der Waals surface area contributed by atoms with Gasteiger partial charge in [-0.15, -0.1) is 0 Å². The second kappa shape index (κ2) is 6.01. The van der Waals surface area contributed by atoms with E-state index in [1.165, 1.54) is 12.1 Å². The molecule has 0 aromatic heterocycles. The van der Waals surface area contributed by atoms with Crippen LogP contribution < -0.4 is 10.1 Å². The molecule has 0 bridgehead atoms. The summed E-state index contributed by atoms with van der Waals surface area (Å²) in [5.74, 6) is 0.358. The molecule has 2 N–H and O–H groups in total. The molecule has 3 nitrogen and oxygen atoms in total. The summed E-state index contributed by atoms with van der Waals surface area (Å²) < 4.78 is 18.2. The minimum atomic E-state index is -0.464. The Labute approximate surface area is 122 Å². The highest BCUT2D eigenvalue weighted by Gasteiger charge is 2.12. The van der Waals surface area contributed by atoms with Gasteiger partial charge in [0.05, 0.1) is 18.2 Å². The quantitative estimate of drug-likeness (QED) is 0.880. The van der Waals surface area contributed by atoms with Crippen molar-refractivity contribution in [1.82, 2.24) is 0 Å².